The molecule has 1 unspecified atom stereocenters. The summed E-state index contributed by atoms with van der Waals surface area (Å²) >= 11 is 1.78. The number of pyridine rings is 1. The molecule has 2 aromatic carbocycles. The zero-order valence-electron chi connectivity index (χ0n) is 20.3. The molecule has 5 nitrogen and oxygen atoms in total. The molecule has 3 heterocycles. The molecule has 1 aliphatic heterocycles. The third kappa shape index (κ3) is 4.05. The van der Waals surface area contributed by atoms with Gasteiger partial charge in [0.1, 0.15) is 11.9 Å². The first-order valence-corrected chi connectivity index (χ1v) is 13.4. The standard InChI is InChI=1S/C30H28N4OS/c1-3-9-25-20(4-2)12-8-13-23(25)16-24-17-28(35)34-27(19-36-30(34)29(24)22-14-15-22)33-18-26(31-32-33)21-10-6-5-7-11-21/h3-13,17-18,22,27H,2,14-16,19H2,1H3. The molecule has 0 saturated heterocycles. The Morgan fingerprint density at radius 3 is 2.69 bits per heavy atom. The Bertz CT molecular complexity index is 1530. The van der Waals surface area contributed by atoms with E-state index in [1.807, 2.05) is 64.8 Å². The second-order valence-electron chi connectivity index (χ2n) is 9.41. The molecule has 6 rings (SSSR count). The van der Waals surface area contributed by atoms with Crippen LogP contribution in [-0.2, 0) is 6.42 Å². The molecular weight excluding hydrogens is 464 g/mol. The fraction of sp³-hybridized carbons (Fsp3) is 0.233. The van der Waals surface area contributed by atoms with Crippen LogP contribution in [0.4, 0.5) is 0 Å². The first-order valence-electron chi connectivity index (χ1n) is 12.4. The Morgan fingerprint density at radius 2 is 1.94 bits per heavy atom. The highest BCUT2D eigenvalue weighted by Gasteiger charge is 2.36. The number of hydrogen-bond acceptors (Lipinski definition) is 4. The zero-order valence-corrected chi connectivity index (χ0v) is 21.1. The van der Waals surface area contributed by atoms with E-state index < -0.39 is 0 Å². The van der Waals surface area contributed by atoms with Gasteiger partial charge in [-0.1, -0.05) is 78.6 Å². The summed E-state index contributed by atoms with van der Waals surface area (Å²) in [4.78, 5) is 13.6. The van der Waals surface area contributed by atoms with E-state index in [1.54, 1.807) is 11.8 Å². The summed E-state index contributed by atoms with van der Waals surface area (Å²) in [5.41, 5.74) is 7.89. The summed E-state index contributed by atoms with van der Waals surface area (Å²) in [5.74, 6) is 1.29. The Hall–Kier alpha value is -3.64. The van der Waals surface area contributed by atoms with Crippen LogP contribution >= 0.6 is 11.8 Å². The first kappa shape index (κ1) is 22.8. The molecule has 180 valence electrons. The van der Waals surface area contributed by atoms with Gasteiger partial charge in [-0.2, -0.15) is 0 Å². The van der Waals surface area contributed by atoms with E-state index in [1.165, 1.54) is 29.5 Å². The van der Waals surface area contributed by atoms with Crippen molar-refractivity contribution in [3.63, 3.8) is 0 Å². The van der Waals surface area contributed by atoms with Crippen molar-refractivity contribution in [2.24, 2.45) is 0 Å². The first-order chi connectivity index (χ1) is 17.7. The van der Waals surface area contributed by atoms with Crippen LogP contribution in [0.1, 0.15) is 59.7 Å². The fourth-order valence-electron chi connectivity index (χ4n) is 5.17. The molecule has 2 aliphatic rings. The quantitative estimate of drug-likeness (QED) is 0.299. The number of benzene rings is 2. The summed E-state index contributed by atoms with van der Waals surface area (Å²) in [7, 11) is 0. The second-order valence-corrected chi connectivity index (χ2v) is 10.4. The van der Waals surface area contributed by atoms with E-state index in [-0.39, 0.29) is 11.7 Å². The summed E-state index contributed by atoms with van der Waals surface area (Å²) in [6.07, 6.45) is 11.0. The smallest absolute Gasteiger partial charge is 0.253 e. The molecule has 4 aromatic rings. The summed E-state index contributed by atoms with van der Waals surface area (Å²) in [5, 5.41) is 9.92. The predicted octanol–water partition coefficient (Wildman–Crippen LogP) is 6.40. The summed E-state index contributed by atoms with van der Waals surface area (Å²) in [6.45, 7) is 6.03. The normalized spacial score (nSPS) is 17.0. The highest BCUT2D eigenvalue weighted by Crippen LogP contribution is 2.48. The van der Waals surface area contributed by atoms with Crippen LogP contribution in [0.5, 0.6) is 0 Å². The maximum absolute atomic E-state index is 13.6. The van der Waals surface area contributed by atoms with Crippen LogP contribution in [0.15, 0.2) is 83.3 Å². The third-order valence-corrected chi connectivity index (χ3v) is 8.19. The maximum atomic E-state index is 13.6. The van der Waals surface area contributed by atoms with Crippen molar-refractivity contribution in [3.8, 4) is 11.3 Å². The highest BCUT2D eigenvalue weighted by atomic mass is 32.2. The Labute approximate surface area is 215 Å². The minimum Gasteiger partial charge on any atom is -0.279 e. The molecule has 1 saturated carbocycles. The van der Waals surface area contributed by atoms with Crippen molar-refractivity contribution < 1.29 is 0 Å². The van der Waals surface area contributed by atoms with Gasteiger partial charge < -0.3 is 0 Å². The number of rotatable bonds is 7. The molecule has 6 heteroatoms. The lowest BCUT2D eigenvalue weighted by molar-refractivity contribution is 0.400. The molecule has 1 aliphatic carbocycles. The molecule has 36 heavy (non-hydrogen) atoms. The Kier molecular flexibility index (Phi) is 5.97. The van der Waals surface area contributed by atoms with Gasteiger partial charge in [-0.25, -0.2) is 4.68 Å². The van der Waals surface area contributed by atoms with Crippen LogP contribution < -0.4 is 5.56 Å². The number of aromatic nitrogens is 4. The van der Waals surface area contributed by atoms with Crippen molar-refractivity contribution >= 4 is 23.9 Å². The molecule has 0 radical (unpaired) electrons. The molecule has 1 atom stereocenters. The van der Waals surface area contributed by atoms with Crippen molar-refractivity contribution in [1.82, 2.24) is 19.6 Å². The molecule has 1 fully saturated rings. The highest BCUT2D eigenvalue weighted by molar-refractivity contribution is 7.99. The zero-order chi connectivity index (χ0) is 24.6. The van der Waals surface area contributed by atoms with Crippen molar-refractivity contribution in [2.45, 2.75) is 43.3 Å². The number of thioether (sulfide) groups is 1. The largest absolute Gasteiger partial charge is 0.279 e. The van der Waals surface area contributed by atoms with E-state index in [2.05, 4.69) is 47.2 Å². The van der Waals surface area contributed by atoms with Gasteiger partial charge in [0, 0.05) is 17.4 Å². The van der Waals surface area contributed by atoms with Crippen LogP contribution in [0.25, 0.3) is 23.4 Å². The molecule has 0 N–H and O–H groups in total. The van der Waals surface area contributed by atoms with E-state index >= 15 is 0 Å². The van der Waals surface area contributed by atoms with Crippen molar-refractivity contribution in [3.05, 3.63) is 112 Å². The van der Waals surface area contributed by atoms with Crippen LogP contribution in [0.2, 0.25) is 0 Å². The minimum absolute atomic E-state index is 0.0311. The van der Waals surface area contributed by atoms with Gasteiger partial charge in [0.2, 0.25) is 0 Å². The molecule has 0 amide bonds. The van der Waals surface area contributed by atoms with E-state index in [9.17, 15) is 4.79 Å². The lowest BCUT2D eigenvalue weighted by Crippen LogP contribution is -2.29. The van der Waals surface area contributed by atoms with Gasteiger partial charge in [-0.05, 0) is 59.9 Å². The fourth-order valence-corrected chi connectivity index (χ4v) is 6.59. The Morgan fingerprint density at radius 1 is 1.11 bits per heavy atom. The van der Waals surface area contributed by atoms with Gasteiger partial charge in [-0.3, -0.25) is 9.36 Å². The minimum atomic E-state index is -0.170. The maximum Gasteiger partial charge on any atom is 0.253 e. The van der Waals surface area contributed by atoms with Crippen molar-refractivity contribution in [2.75, 3.05) is 5.75 Å². The molecule has 0 spiro atoms. The summed E-state index contributed by atoms with van der Waals surface area (Å²) in [6, 6.07) is 18.2. The second kappa shape index (κ2) is 9.43. The average Bonchev–Trinajstić information content (AvgIpc) is 3.43. The van der Waals surface area contributed by atoms with Crippen LogP contribution in [0.3, 0.4) is 0 Å². The van der Waals surface area contributed by atoms with Gasteiger partial charge in [0.15, 0.2) is 0 Å². The summed E-state index contributed by atoms with van der Waals surface area (Å²) < 4.78 is 3.79. The van der Waals surface area contributed by atoms with Gasteiger partial charge in [-0.15, -0.1) is 16.9 Å². The number of nitrogens with zero attached hydrogens (tertiary/aromatic N) is 4. The average molecular weight is 493 g/mol. The van der Waals surface area contributed by atoms with Crippen LogP contribution in [-0.4, -0.2) is 25.3 Å². The SMILES string of the molecule is C=Cc1cccc(Cc2cc(=O)n3c(c2C2CC2)SCC3n2cc(-c3ccccc3)nn2)c1C=CC. The van der Waals surface area contributed by atoms with Gasteiger partial charge in [0.05, 0.1) is 11.2 Å². The van der Waals surface area contributed by atoms with E-state index in [0.717, 1.165) is 39.6 Å². The van der Waals surface area contributed by atoms with E-state index in [0.29, 0.717) is 5.92 Å². The van der Waals surface area contributed by atoms with Crippen LogP contribution in [0, 0.1) is 0 Å². The number of fused-ring (bicyclic) bond motifs is 1. The van der Waals surface area contributed by atoms with Gasteiger partial charge >= 0.3 is 0 Å². The monoisotopic (exact) mass is 492 g/mol. The topological polar surface area (TPSA) is 52.7 Å². The number of hydrogen-bond donors (Lipinski definition) is 0. The third-order valence-electron chi connectivity index (χ3n) is 7.03. The Balaban J connectivity index is 1.41. The predicted molar refractivity (Wildman–Crippen MR) is 147 cm³/mol. The number of allylic oxidation sites excluding steroid dienone is 1. The molecule has 2 aromatic heterocycles. The van der Waals surface area contributed by atoms with Gasteiger partial charge in [0.25, 0.3) is 5.56 Å². The molecular formula is C30H28N4OS. The molecule has 0 bridgehead atoms. The lowest BCUT2D eigenvalue weighted by Gasteiger charge is -2.19. The van der Waals surface area contributed by atoms with E-state index in [4.69, 9.17) is 0 Å². The lowest BCUT2D eigenvalue weighted by atomic mass is 9.92. The van der Waals surface area contributed by atoms with Crippen molar-refractivity contribution in [1.29, 1.82) is 0 Å².